The van der Waals surface area contributed by atoms with Gasteiger partial charge >= 0.3 is 0 Å². The van der Waals surface area contributed by atoms with Crippen LogP contribution in [0.4, 0.5) is 11.4 Å². The number of aryl methyl sites for hydroxylation is 1. The summed E-state index contributed by atoms with van der Waals surface area (Å²) in [5.41, 5.74) is 2.25. The minimum Gasteiger partial charge on any atom is -0.385 e. The second kappa shape index (κ2) is 8.47. The minimum atomic E-state index is -0.162. The lowest BCUT2D eigenvalue weighted by Gasteiger charge is -2.12. The summed E-state index contributed by atoms with van der Waals surface area (Å²) >= 11 is 0. The molecule has 2 aromatic carbocycles. The van der Waals surface area contributed by atoms with E-state index in [1.54, 1.807) is 13.1 Å². The van der Waals surface area contributed by atoms with Gasteiger partial charge in [0.25, 0.3) is 5.56 Å². The Morgan fingerprint density at radius 2 is 1.69 bits per heavy atom. The molecular weight excluding hydrogens is 364 g/mol. The van der Waals surface area contributed by atoms with Crippen molar-refractivity contribution in [2.45, 2.75) is 32.1 Å². The summed E-state index contributed by atoms with van der Waals surface area (Å²) in [6.07, 6.45) is 5.42. The molecule has 3 aromatic rings. The molecule has 0 unspecified atom stereocenters. The lowest BCUT2D eigenvalue weighted by molar-refractivity contribution is -0.115. The molecule has 1 saturated carbocycles. The summed E-state index contributed by atoms with van der Waals surface area (Å²) in [6, 6.07) is 15.0. The molecule has 0 saturated heterocycles. The van der Waals surface area contributed by atoms with E-state index in [0.717, 1.165) is 29.2 Å². The molecule has 0 aliphatic heterocycles. The monoisotopic (exact) mass is 390 g/mol. The molecule has 4 rings (SSSR count). The Hall–Kier alpha value is -3.15. The van der Waals surface area contributed by atoms with E-state index in [2.05, 4.69) is 15.7 Å². The Morgan fingerprint density at radius 1 is 1.03 bits per heavy atom. The van der Waals surface area contributed by atoms with E-state index in [-0.39, 0.29) is 17.9 Å². The van der Waals surface area contributed by atoms with Gasteiger partial charge in [-0.25, -0.2) is 4.68 Å². The Kier molecular flexibility index (Phi) is 5.60. The Bertz CT molecular complexity index is 1070. The van der Waals surface area contributed by atoms with Crippen molar-refractivity contribution in [2.24, 2.45) is 13.0 Å². The van der Waals surface area contributed by atoms with Crippen molar-refractivity contribution < 1.29 is 4.79 Å². The number of anilines is 2. The fraction of sp³-hybridized carbons (Fsp3) is 0.348. The van der Waals surface area contributed by atoms with Gasteiger partial charge in [0.1, 0.15) is 0 Å². The average Bonchev–Trinajstić information content (AvgIpc) is 3.25. The van der Waals surface area contributed by atoms with Gasteiger partial charge in [-0.3, -0.25) is 9.59 Å². The van der Waals surface area contributed by atoms with Crippen LogP contribution in [0.25, 0.3) is 10.8 Å². The third-order valence-corrected chi connectivity index (χ3v) is 5.60. The molecule has 6 heteroatoms. The van der Waals surface area contributed by atoms with Crippen LogP contribution in [0.15, 0.2) is 53.3 Å². The van der Waals surface area contributed by atoms with Crippen LogP contribution in [0.2, 0.25) is 0 Å². The smallest absolute Gasteiger partial charge is 0.274 e. The van der Waals surface area contributed by atoms with E-state index in [1.165, 1.54) is 30.4 Å². The summed E-state index contributed by atoms with van der Waals surface area (Å²) in [7, 11) is 1.60. The van der Waals surface area contributed by atoms with Crippen LogP contribution in [-0.2, 0) is 18.3 Å². The molecule has 1 aliphatic rings. The van der Waals surface area contributed by atoms with E-state index in [0.29, 0.717) is 11.1 Å². The first kappa shape index (κ1) is 19.2. The summed E-state index contributed by atoms with van der Waals surface area (Å²) in [6.45, 7) is 1.01. The standard InChI is InChI=1S/C23H26N4O2/c1-27-23(29)20-9-5-4-8-19(20)21(26-27)14-22(28)25-18-12-10-17(11-13-18)24-15-16-6-2-3-7-16/h4-5,8-13,16,24H,2-3,6-7,14-15H2,1H3,(H,25,28). The predicted molar refractivity (Wildman–Crippen MR) is 116 cm³/mol. The number of benzene rings is 2. The first-order chi connectivity index (χ1) is 14.1. The molecule has 1 aliphatic carbocycles. The van der Waals surface area contributed by atoms with Crippen molar-refractivity contribution in [1.29, 1.82) is 0 Å². The molecule has 150 valence electrons. The third-order valence-electron chi connectivity index (χ3n) is 5.60. The summed E-state index contributed by atoms with van der Waals surface area (Å²) < 4.78 is 1.29. The molecule has 0 atom stereocenters. The van der Waals surface area contributed by atoms with Gasteiger partial charge in [-0.05, 0) is 49.1 Å². The van der Waals surface area contributed by atoms with Gasteiger partial charge in [0.05, 0.1) is 17.5 Å². The molecule has 2 N–H and O–H groups in total. The third kappa shape index (κ3) is 4.47. The minimum absolute atomic E-state index is 0.107. The molecule has 1 fully saturated rings. The summed E-state index contributed by atoms with van der Waals surface area (Å²) in [5.74, 6) is 0.617. The van der Waals surface area contributed by atoms with Crippen LogP contribution in [0.3, 0.4) is 0 Å². The number of carbonyl (C=O) groups excluding carboxylic acids is 1. The van der Waals surface area contributed by atoms with Crippen LogP contribution in [0, 0.1) is 5.92 Å². The average molecular weight is 390 g/mol. The molecule has 0 radical (unpaired) electrons. The normalized spacial score (nSPS) is 14.2. The summed E-state index contributed by atoms with van der Waals surface area (Å²) in [5, 5.41) is 12.0. The quantitative estimate of drug-likeness (QED) is 0.673. The van der Waals surface area contributed by atoms with Gasteiger partial charge in [0.2, 0.25) is 5.91 Å². The molecule has 0 bridgehead atoms. The number of nitrogens with one attached hydrogen (secondary N) is 2. The van der Waals surface area contributed by atoms with Crippen molar-refractivity contribution in [2.75, 3.05) is 17.2 Å². The first-order valence-corrected chi connectivity index (χ1v) is 10.2. The van der Waals surface area contributed by atoms with E-state index in [4.69, 9.17) is 0 Å². The predicted octanol–water partition coefficient (Wildman–Crippen LogP) is 3.72. The van der Waals surface area contributed by atoms with Gasteiger partial charge < -0.3 is 10.6 Å². The lowest BCUT2D eigenvalue weighted by Crippen LogP contribution is -2.24. The second-order valence-electron chi connectivity index (χ2n) is 7.75. The van der Waals surface area contributed by atoms with Gasteiger partial charge in [-0.1, -0.05) is 31.0 Å². The number of carbonyl (C=O) groups is 1. The maximum absolute atomic E-state index is 12.6. The SMILES string of the molecule is Cn1nc(CC(=O)Nc2ccc(NCC3CCCC3)cc2)c2ccccc2c1=O. The largest absolute Gasteiger partial charge is 0.385 e. The van der Waals surface area contributed by atoms with E-state index >= 15 is 0 Å². The topological polar surface area (TPSA) is 76.0 Å². The lowest BCUT2D eigenvalue weighted by atomic mass is 10.1. The Labute approximate surface area is 169 Å². The molecular formula is C23H26N4O2. The zero-order valence-electron chi connectivity index (χ0n) is 16.6. The molecule has 0 spiro atoms. The number of fused-ring (bicyclic) bond motifs is 1. The van der Waals surface area contributed by atoms with Crippen LogP contribution in [0.5, 0.6) is 0 Å². The molecule has 29 heavy (non-hydrogen) atoms. The van der Waals surface area contributed by atoms with Crippen molar-refractivity contribution in [3.8, 4) is 0 Å². The van der Waals surface area contributed by atoms with E-state index in [1.807, 2.05) is 42.5 Å². The van der Waals surface area contributed by atoms with Gasteiger partial charge in [0.15, 0.2) is 0 Å². The fourth-order valence-corrected chi connectivity index (χ4v) is 4.01. The van der Waals surface area contributed by atoms with Gasteiger partial charge in [0, 0.05) is 30.4 Å². The van der Waals surface area contributed by atoms with Gasteiger partial charge in [-0.2, -0.15) is 5.10 Å². The highest BCUT2D eigenvalue weighted by Crippen LogP contribution is 2.25. The Morgan fingerprint density at radius 3 is 2.41 bits per heavy atom. The first-order valence-electron chi connectivity index (χ1n) is 10.2. The zero-order valence-corrected chi connectivity index (χ0v) is 16.6. The second-order valence-corrected chi connectivity index (χ2v) is 7.75. The number of aromatic nitrogens is 2. The van der Waals surface area contributed by atoms with Crippen LogP contribution < -0.4 is 16.2 Å². The number of rotatable bonds is 6. The number of nitrogens with zero attached hydrogens (tertiary/aromatic N) is 2. The van der Waals surface area contributed by atoms with Gasteiger partial charge in [-0.15, -0.1) is 0 Å². The van der Waals surface area contributed by atoms with Crippen LogP contribution in [0.1, 0.15) is 31.4 Å². The van der Waals surface area contributed by atoms with Crippen molar-refractivity contribution in [1.82, 2.24) is 9.78 Å². The highest BCUT2D eigenvalue weighted by molar-refractivity contribution is 5.95. The number of amides is 1. The van der Waals surface area contributed by atoms with Crippen molar-refractivity contribution in [3.63, 3.8) is 0 Å². The van der Waals surface area contributed by atoms with E-state index in [9.17, 15) is 9.59 Å². The van der Waals surface area contributed by atoms with Crippen molar-refractivity contribution >= 4 is 28.1 Å². The number of hydrogen-bond acceptors (Lipinski definition) is 4. The van der Waals surface area contributed by atoms with Crippen LogP contribution >= 0.6 is 0 Å². The molecule has 1 amide bonds. The highest BCUT2D eigenvalue weighted by Gasteiger charge is 2.15. The number of hydrogen-bond donors (Lipinski definition) is 2. The van der Waals surface area contributed by atoms with E-state index < -0.39 is 0 Å². The molecule has 1 aromatic heterocycles. The Balaban J connectivity index is 1.40. The maximum Gasteiger partial charge on any atom is 0.274 e. The molecule has 6 nitrogen and oxygen atoms in total. The maximum atomic E-state index is 12.6. The summed E-state index contributed by atoms with van der Waals surface area (Å²) in [4.78, 5) is 24.8. The highest BCUT2D eigenvalue weighted by atomic mass is 16.1. The fourth-order valence-electron chi connectivity index (χ4n) is 4.01. The molecule has 1 heterocycles. The zero-order chi connectivity index (χ0) is 20.2. The van der Waals surface area contributed by atoms with Crippen molar-refractivity contribution in [3.05, 3.63) is 64.6 Å². The van der Waals surface area contributed by atoms with Crippen LogP contribution in [-0.4, -0.2) is 22.2 Å².